The van der Waals surface area contributed by atoms with Gasteiger partial charge in [-0.15, -0.1) is 0 Å². The first-order valence-electron chi connectivity index (χ1n) is 6.05. The van der Waals surface area contributed by atoms with E-state index in [-0.39, 0.29) is 12.1 Å². The van der Waals surface area contributed by atoms with Gasteiger partial charge in [-0.3, -0.25) is 0 Å². The summed E-state index contributed by atoms with van der Waals surface area (Å²) in [5, 5.41) is 0. The molecule has 5 heteroatoms. The second kappa shape index (κ2) is 4.47. The Bertz CT molecular complexity index is 580. The minimum Gasteiger partial charge on any atom is -0.207 e. The summed E-state index contributed by atoms with van der Waals surface area (Å²) in [6.45, 7) is 0. The number of rotatable bonds is 2. The van der Waals surface area contributed by atoms with Crippen molar-refractivity contribution in [3.63, 3.8) is 0 Å². The molecule has 18 heavy (non-hydrogen) atoms. The Balaban J connectivity index is 2.00. The molecule has 3 rings (SSSR count). The average molecular weight is 328 g/mol. The zero-order valence-electron chi connectivity index (χ0n) is 9.79. The lowest BCUT2D eigenvalue weighted by atomic mass is 10.2. The van der Waals surface area contributed by atoms with Crippen LogP contribution in [0, 0.1) is 0 Å². The second-order valence-corrected chi connectivity index (χ2v) is 7.51. The molecule has 0 aliphatic carbocycles. The molecule has 1 saturated heterocycles. The predicted molar refractivity (Wildman–Crippen MR) is 73.7 cm³/mol. The highest BCUT2D eigenvalue weighted by Crippen LogP contribution is 2.36. The van der Waals surface area contributed by atoms with E-state index in [1.165, 1.54) is 0 Å². The summed E-state index contributed by atoms with van der Waals surface area (Å²) in [4.78, 5) is 0.387. The Kier molecular flexibility index (Phi) is 3.08. The molecule has 2 heterocycles. The Morgan fingerprint density at radius 1 is 1.17 bits per heavy atom. The number of fused-ring (bicyclic) bond motifs is 2. The standard InChI is InChI=1S/C13H14BrNO2S/c14-10-4-8-13(9-5-10)18(16,17)15-11-2-1-3-12(15)7-6-11/h1-2,4-5,8-9,11-12H,3,6-7H2. The first kappa shape index (κ1) is 12.4. The fourth-order valence-electron chi connectivity index (χ4n) is 2.79. The van der Waals surface area contributed by atoms with Gasteiger partial charge in [-0.05, 0) is 43.5 Å². The summed E-state index contributed by atoms with van der Waals surface area (Å²) in [6.07, 6.45) is 6.88. The molecule has 2 aliphatic heterocycles. The molecular formula is C13H14BrNO2S. The van der Waals surface area contributed by atoms with Gasteiger partial charge in [-0.25, -0.2) is 8.42 Å². The summed E-state index contributed by atoms with van der Waals surface area (Å²) in [7, 11) is -3.35. The normalized spacial score (nSPS) is 27.6. The van der Waals surface area contributed by atoms with Crippen molar-refractivity contribution in [3.05, 3.63) is 40.9 Å². The van der Waals surface area contributed by atoms with E-state index < -0.39 is 10.0 Å². The van der Waals surface area contributed by atoms with E-state index in [1.807, 2.05) is 6.08 Å². The maximum absolute atomic E-state index is 12.6. The molecular weight excluding hydrogens is 314 g/mol. The van der Waals surface area contributed by atoms with E-state index in [2.05, 4.69) is 22.0 Å². The van der Waals surface area contributed by atoms with E-state index in [4.69, 9.17) is 0 Å². The van der Waals surface area contributed by atoms with Gasteiger partial charge in [0.05, 0.1) is 4.90 Å². The summed E-state index contributed by atoms with van der Waals surface area (Å²) < 4.78 is 27.9. The topological polar surface area (TPSA) is 37.4 Å². The van der Waals surface area contributed by atoms with Crippen LogP contribution >= 0.6 is 15.9 Å². The third-order valence-corrected chi connectivity index (χ3v) is 6.16. The smallest absolute Gasteiger partial charge is 0.207 e. The molecule has 96 valence electrons. The number of sulfonamides is 1. The van der Waals surface area contributed by atoms with Gasteiger partial charge >= 0.3 is 0 Å². The second-order valence-electron chi connectivity index (χ2n) is 4.75. The molecule has 2 bridgehead atoms. The lowest BCUT2D eigenvalue weighted by molar-refractivity contribution is 0.341. The van der Waals surface area contributed by atoms with Crippen LogP contribution in [0.25, 0.3) is 0 Å². The zero-order chi connectivity index (χ0) is 12.8. The zero-order valence-corrected chi connectivity index (χ0v) is 12.2. The largest absolute Gasteiger partial charge is 0.243 e. The van der Waals surface area contributed by atoms with Crippen LogP contribution in [0.2, 0.25) is 0 Å². The molecule has 2 aliphatic rings. The molecule has 1 aromatic carbocycles. The fourth-order valence-corrected chi connectivity index (χ4v) is 4.89. The number of hydrogen-bond acceptors (Lipinski definition) is 2. The molecule has 0 N–H and O–H groups in total. The Morgan fingerprint density at radius 2 is 1.89 bits per heavy atom. The van der Waals surface area contributed by atoms with Gasteiger partial charge in [-0.2, -0.15) is 4.31 Å². The van der Waals surface area contributed by atoms with Crippen LogP contribution in [0.15, 0.2) is 45.8 Å². The quantitative estimate of drug-likeness (QED) is 0.783. The SMILES string of the molecule is O=S(=O)(c1ccc(Br)cc1)N1C2C=CCC1CC2. The maximum Gasteiger partial charge on any atom is 0.243 e. The van der Waals surface area contributed by atoms with Crippen molar-refractivity contribution in [2.45, 2.75) is 36.2 Å². The van der Waals surface area contributed by atoms with E-state index in [0.717, 1.165) is 23.7 Å². The van der Waals surface area contributed by atoms with Crippen molar-refractivity contribution >= 4 is 26.0 Å². The molecule has 0 saturated carbocycles. The fraction of sp³-hybridized carbons (Fsp3) is 0.385. The van der Waals surface area contributed by atoms with Crippen LogP contribution in [-0.4, -0.2) is 24.8 Å². The van der Waals surface area contributed by atoms with Crippen molar-refractivity contribution in [1.29, 1.82) is 0 Å². The van der Waals surface area contributed by atoms with Crippen molar-refractivity contribution in [3.8, 4) is 0 Å². The van der Waals surface area contributed by atoms with Gasteiger partial charge in [0.1, 0.15) is 0 Å². The van der Waals surface area contributed by atoms with E-state index in [1.54, 1.807) is 28.6 Å². The van der Waals surface area contributed by atoms with Gasteiger partial charge in [0, 0.05) is 16.6 Å². The van der Waals surface area contributed by atoms with E-state index in [0.29, 0.717) is 4.90 Å². The Labute approximate surface area is 116 Å². The minimum absolute atomic E-state index is 0.0531. The first-order valence-corrected chi connectivity index (χ1v) is 8.28. The number of nitrogens with zero attached hydrogens (tertiary/aromatic N) is 1. The van der Waals surface area contributed by atoms with Crippen LogP contribution in [0.4, 0.5) is 0 Å². The van der Waals surface area contributed by atoms with Crippen molar-refractivity contribution in [2.24, 2.45) is 0 Å². The van der Waals surface area contributed by atoms with Crippen LogP contribution in [0.1, 0.15) is 19.3 Å². The van der Waals surface area contributed by atoms with Crippen molar-refractivity contribution < 1.29 is 8.42 Å². The number of halogens is 1. The average Bonchev–Trinajstić information content (AvgIpc) is 2.62. The molecule has 0 aromatic heterocycles. The first-order chi connectivity index (χ1) is 8.59. The van der Waals surface area contributed by atoms with Crippen molar-refractivity contribution in [2.75, 3.05) is 0 Å². The summed E-state index contributed by atoms with van der Waals surface area (Å²) in [5.41, 5.74) is 0. The molecule has 1 aromatic rings. The molecule has 1 fully saturated rings. The van der Waals surface area contributed by atoms with Gasteiger partial charge < -0.3 is 0 Å². The molecule has 2 unspecified atom stereocenters. The minimum atomic E-state index is -3.35. The van der Waals surface area contributed by atoms with Crippen LogP contribution < -0.4 is 0 Å². The van der Waals surface area contributed by atoms with Crippen LogP contribution in [0.3, 0.4) is 0 Å². The lowest BCUT2D eigenvalue weighted by Gasteiger charge is -2.30. The molecule has 0 amide bonds. The van der Waals surface area contributed by atoms with E-state index in [9.17, 15) is 8.42 Å². The maximum atomic E-state index is 12.6. The summed E-state index contributed by atoms with van der Waals surface area (Å²) in [5.74, 6) is 0. The summed E-state index contributed by atoms with van der Waals surface area (Å²) in [6, 6.07) is 7.07. The van der Waals surface area contributed by atoms with Crippen LogP contribution in [0.5, 0.6) is 0 Å². The summed E-state index contributed by atoms with van der Waals surface area (Å²) >= 11 is 3.32. The molecule has 3 nitrogen and oxygen atoms in total. The molecule has 0 spiro atoms. The van der Waals surface area contributed by atoms with Gasteiger partial charge in [0.2, 0.25) is 10.0 Å². The highest BCUT2D eigenvalue weighted by molar-refractivity contribution is 9.10. The highest BCUT2D eigenvalue weighted by atomic mass is 79.9. The van der Waals surface area contributed by atoms with Crippen LogP contribution in [-0.2, 0) is 10.0 Å². The Hall–Kier alpha value is -0.650. The van der Waals surface area contributed by atoms with E-state index >= 15 is 0 Å². The molecule has 2 atom stereocenters. The van der Waals surface area contributed by atoms with Gasteiger partial charge in [0.15, 0.2) is 0 Å². The third-order valence-electron chi connectivity index (χ3n) is 3.64. The number of benzene rings is 1. The van der Waals surface area contributed by atoms with Crippen molar-refractivity contribution in [1.82, 2.24) is 4.31 Å². The number of hydrogen-bond donors (Lipinski definition) is 0. The van der Waals surface area contributed by atoms with Gasteiger partial charge in [0.25, 0.3) is 0 Å². The monoisotopic (exact) mass is 327 g/mol. The Morgan fingerprint density at radius 3 is 2.56 bits per heavy atom. The highest BCUT2D eigenvalue weighted by Gasteiger charge is 2.42. The van der Waals surface area contributed by atoms with Gasteiger partial charge in [-0.1, -0.05) is 28.1 Å². The molecule has 0 radical (unpaired) electrons. The lowest BCUT2D eigenvalue weighted by Crippen LogP contribution is -2.41. The third kappa shape index (κ3) is 1.94. The predicted octanol–water partition coefficient (Wildman–Crippen LogP) is 2.93.